The van der Waals surface area contributed by atoms with Gasteiger partial charge in [0.25, 0.3) is 0 Å². The van der Waals surface area contributed by atoms with Crippen LogP contribution < -0.4 is 15.0 Å². The second-order valence-electron chi connectivity index (χ2n) is 6.81. The molecule has 0 bridgehead atoms. The average Bonchev–Trinajstić information content (AvgIpc) is 2.65. The fourth-order valence-corrected chi connectivity index (χ4v) is 3.34. The van der Waals surface area contributed by atoms with Gasteiger partial charge in [-0.05, 0) is 50.5 Å². The van der Waals surface area contributed by atoms with E-state index in [1.807, 2.05) is 44.2 Å². The topological polar surface area (TPSA) is 67.3 Å². The Morgan fingerprint density at radius 3 is 2.77 bits per heavy atom. The number of aromatic nitrogens is 2. The number of carbonyl (C=O) groups excluding carboxylic acids is 1. The summed E-state index contributed by atoms with van der Waals surface area (Å²) in [6.07, 6.45) is 1.86. The van der Waals surface area contributed by atoms with Crippen LogP contribution in [-0.4, -0.2) is 36.1 Å². The molecule has 0 saturated carbocycles. The molecule has 6 heteroatoms. The van der Waals surface area contributed by atoms with E-state index in [1.165, 1.54) is 0 Å². The van der Waals surface area contributed by atoms with Crippen LogP contribution in [0.2, 0.25) is 0 Å². The van der Waals surface area contributed by atoms with Gasteiger partial charge in [-0.15, -0.1) is 0 Å². The molecule has 1 aliphatic heterocycles. The first-order chi connectivity index (χ1) is 12.5. The van der Waals surface area contributed by atoms with Crippen LogP contribution in [0.25, 0.3) is 0 Å². The third kappa shape index (κ3) is 4.50. The van der Waals surface area contributed by atoms with Crippen molar-refractivity contribution >= 4 is 11.9 Å². The predicted molar refractivity (Wildman–Crippen MR) is 101 cm³/mol. The second-order valence-corrected chi connectivity index (χ2v) is 6.81. The summed E-state index contributed by atoms with van der Waals surface area (Å²) >= 11 is 0. The van der Waals surface area contributed by atoms with Crippen LogP contribution in [0, 0.1) is 19.8 Å². The number of methoxy groups -OCH3 is 1. The van der Waals surface area contributed by atoms with Crippen LogP contribution in [0.4, 0.5) is 5.95 Å². The van der Waals surface area contributed by atoms with Crippen molar-refractivity contribution in [2.45, 2.75) is 33.2 Å². The Balaban J connectivity index is 1.60. The number of carbonyl (C=O) groups is 1. The smallest absolute Gasteiger partial charge is 0.225 e. The Kier molecular flexibility index (Phi) is 5.71. The Labute approximate surface area is 154 Å². The summed E-state index contributed by atoms with van der Waals surface area (Å²) in [5, 5.41) is 3.05. The largest absolute Gasteiger partial charge is 0.497 e. The summed E-state index contributed by atoms with van der Waals surface area (Å²) in [6.45, 7) is 6.00. The number of nitrogens with one attached hydrogen (secondary N) is 1. The lowest BCUT2D eigenvalue weighted by atomic mass is 9.97. The Hall–Kier alpha value is -2.63. The quantitative estimate of drug-likeness (QED) is 0.894. The van der Waals surface area contributed by atoms with Gasteiger partial charge in [0.1, 0.15) is 5.75 Å². The fraction of sp³-hybridized carbons (Fsp3) is 0.450. The summed E-state index contributed by atoms with van der Waals surface area (Å²) < 4.78 is 5.23. The molecule has 6 nitrogen and oxygen atoms in total. The van der Waals surface area contributed by atoms with Crippen LogP contribution in [0.5, 0.6) is 5.75 Å². The van der Waals surface area contributed by atoms with Gasteiger partial charge in [0, 0.05) is 31.0 Å². The molecule has 1 N–H and O–H groups in total. The summed E-state index contributed by atoms with van der Waals surface area (Å²) in [6, 6.07) is 9.72. The van der Waals surface area contributed by atoms with E-state index in [4.69, 9.17) is 4.74 Å². The highest BCUT2D eigenvalue weighted by Crippen LogP contribution is 2.21. The van der Waals surface area contributed by atoms with E-state index in [-0.39, 0.29) is 11.8 Å². The fourth-order valence-electron chi connectivity index (χ4n) is 3.34. The lowest BCUT2D eigenvalue weighted by Gasteiger charge is -2.32. The molecule has 1 saturated heterocycles. The first kappa shape index (κ1) is 18.2. The highest BCUT2D eigenvalue weighted by molar-refractivity contribution is 5.79. The van der Waals surface area contributed by atoms with E-state index in [0.29, 0.717) is 13.1 Å². The average molecular weight is 354 g/mol. The maximum atomic E-state index is 12.6. The lowest BCUT2D eigenvalue weighted by molar-refractivity contribution is -0.125. The molecule has 3 rings (SSSR count). The van der Waals surface area contributed by atoms with Crippen molar-refractivity contribution in [1.82, 2.24) is 15.3 Å². The summed E-state index contributed by atoms with van der Waals surface area (Å²) in [4.78, 5) is 23.8. The number of rotatable bonds is 5. The zero-order valence-corrected chi connectivity index (χ0v) is 15.7. The summed E-state index contributed by atoms with van der Waals surface area (Å²) in [5.74, 6) is 1.57. The molecule has 0 aliphatic carbocycles. The summed E-state index contributed by atoms with van der Waals surface area (Å²) in [5.41, 5.74) is 2.94. The molecule has 0 radical (unpaired) electrons. The molecule has 0 spiro atoms. The third-order valence-corrected chi connectivity index (χ3v) is 4.65. The number of anilines is 1. The zero-order chi connectivity index (χ0) is 18.5. The molecule has 1 unspecified atom stereocenters. The van der Waals surface area contributed by atoms with Crippen LogP contribution in [0.1, 0.15) is 29.8 Å². The second kappa shape index (κ2) is 8.17. The highest BCUT2D eigenvalue weighted by atomic mass is 16.5. The Morgan fingerprint density at radius 2 is 2.04 bits per heavy atom. The van der Waals surface area contributed by atoms with Crippen molar-refractivity contribution in [2.24, 2.45) is 5.92 Å². The molecular formula is C20H26N4O2. The minimum Gasteiger partial charge on any atom is -0.497 e. The number of nitrogens with zero attached hydrogens (tertiary/aromatic N) is 3. The Morgan fingerprint density at radius 1 is 1.27 bits per heavy atom. The van der Waals surface area contributed by atoms with Crippen molar-refractivity contribution in [1.29, 1.82) is 0 Å². The predicted octanol–water partition coefficient (Wildman–Crippen LogP) is 2.63. The molecule has 1 aromatic carbocycles. The van der Waals surface area contributed by atoms with E-state index in [1.54, 1.807) is 7.11 Å². The highest BCUT2D eigenvalue weighted by Gasteiger charge is 2.27. The number of hydrogen-bond donors (Lipinski definition) is 1. The lowest BCUT2D eigenvalue weighted by Crippen LogP contribution is -2.43. The van der Waals surface area contributed by atoms with Crippen molar-refractivity contribution in [3.63, 3.8) is 0 Å². The minimum atomic E-state index is -0.0428. The van der Waals surface area contributed by atoms with Gasteiger partial charge in [0.2, 0.25) is 11.9 Å². The number of hydrogen-bond acceptors (Lipinski definition) is 5. The van der Waals surface area contributed by atoms with Gasteiger partial charge in [-0.1, -0.05) is 12.1 Å². The zero-order valence-electron chi connectivity index (χ0n) is 15.7. The molecule has 1 aliphatic rings. The molecule has 138 valence electrons. The maximum Gasteiger partial charge on any atom is 0.225 e. The van der Waals surface area contributed by atoms with Crippen molar-refractivity contribution in [3.05, 3.63) is 47.3 Å². The molecule has 1 atom stereocenters. The molecule has 26 heavy (non-hydrogen) atoms. The van der Waals surface area contributed by atoms with E-state index in [2.05, 4.69) is 20.2 Å². The van der Waals surface area contributed by atoms with Gasteiger partial charge in [0.05, 0.1) is 13.0 Å². The van der Waals surface area contributed by atoms with E-state index in [9.17, 15) is 4.79 Å². The summed E-state index contributed by atoms with van der Waals surface area (Å²) in [7, 11) is 1.64. The molecule has 1 aromatic heterocycles. The van der Waals surface area contributed by atoms with Gasteiger partial charge in [0.15, 0.2) is 0 Å². The molecule has 1 amide bonds. The third-order valence-electron chi connectivity index (χ3n) is 4.65. The molecule has 2 heterocycles. The number of piperidine rings is 1. The molecular weight excluding hydrogens is 328 g/mol. The normalized spacial score (nSPS) is 17.0. The van der Waals surface area contributed by atoms with E-state index >= 15 is 0 Å². The van der Waals surface area contributed by atoms with Crippen LogP contribution in [-0.2, 0) is 11.3 Å². The number of amides is 1. The standard InChI is InChI=1S/C20H26N4O2/c1-14-10-15(2)23-20(22-14)24-9-5-7-17(13-24)19(25)21-12-16-6-4-8-18(11-16)26-3/h4,6,8,10-11,17H,5,7,9,12-13H2,1-3H3,(H,21,25). The maximum absolute atomic E-state index is 12.6. The van der Waals surface area contributed by atoms with E-state index < -0.39 is 0 Å². The van der Waals surface area contributed by atoms with Crippen LogP contribution in [0.3, 0.4) is 0 Å². The first-order valence-corrected chi connectivity index (χ1v) is 9.03. The number of benzene rings is 1. The number of ether oxygens (including phenoxy) is 1. The van der Waals surface area contributed by atoms with E-state index in [0.717, 1.165) is 48.0 Å². The number of aryl methyl sites for hydroxylation is 2. The van der Waals surface area contributed by atoms with Crippen LogP contribution >= 0.6 is 0 Å². The van der Waals surface area contributed by atoms with Crippen LogP contribution in [0.15, 0.2) is 30.3 Å². The SMILES string of the molecule is COc1cccc(CNC(=O)C2CCCN(c3nc(C)cc(C)n3)C2)c1. The Bertz CT molecular complexity index is 758. The van der Waals surface area contributed by atoms with Gasteiger partial charge in [-0.2, -0.15) is 0 Å². The van der Waals surface area contributed by atoms with Gasteiger partial charge in [-0.25, -0.2) is 9.97 Å². The van der Waals surface area contributed by atoms with Crippen molar-refractivity contribution in [2.75, 3.05) is 25.1 Å². The van der Waals surface area contributed by atoms with Crippen molar-refractivity contribution in [3.8, 4) is 5.75 Å². The molecule has 2 aromatic rings. The minimum absolute atomic E-state index is 0.0428. The van der Waals surface area contributed by atoms with Gasteiger partial charge >= 0.3 is 0 Å². The first-order valence-electron chi connectivity index (χ1n) is 9.03. The van der Waals surface area contributed by atoms with Crippen molar-refractivity contribution < 1.29 is 9.53 Å². The van der Waals surface area contributed by atoms with Gasteiger partial charge in [-0.3, -0.25) is 4.79 Å². The molecule has 1 fully saturated rings. The monoisotopic (exact) mass is 354 g/mol. The van der Waals surface area contributed by atoms with Gasteiger partial charge < -0.3 is 15.0 Å².